The molecule has 0 atom stereocenters. The van der Waals surface area contributed by atoms with Crippen molar-refractivity contribution in [2.24, 2.45) is 5.16 Å². The van der Waals surface area contributed by atoms with Crippen LogP contribution in [0.25, 0.3) is 0 Å². The lowest BCUT2D eigenvalue weighted by Crippen LogP contribution is -1.91. The zero-order valence-corrected chi connectivity index (χ0v) is 11.1. The molecule has 2 rings (SSSR count). The number of hydrogen-bond acceptors (Lipinski definition) is 2. The van der Waals surface area contributed by atoms with Crippen LogP contribution in [-0.4, -0.2) is 6.21 Å². The second-order valence-electron chi connectivity index (χ2n) is 3.65. The number of benzene rings is 2. The Balaban J connectivity index is 1.89. The molecule has 0 aliphatic rings. The average Bonchev–Trinajstić information content (AvgIpc) is 2.39. The Morgan fingerprint density at radius 3 is 2.56 bits per heavy atom. The predicted molar refractivity (Wildman–Crippen MR) is 72.9 cm³/mol. The molecule has 0 unspecified atom stereocenters. The number of hydrogen-bond donors (Lipinski definition) is 0. The lowest BCUT2D eigenvalue weighted by Gasteiger charge is -2.00. The molecule has 0 saturated carbocycles. The highest BCUT2D eigenvalue weighted by atomic mass is 79.9. The highest BCUT2D eigenvalue weighted by Crippen LogP contribution is 2.10. The third-order valence-electron chi connectivity index (χ3n) is 2.32. The lowest BCUT2D eigenvalue weighted by atomic mass is 10.2. The molecular weight excluding hydrogens is 297 g/mol. The van der Waals surface area contributed by atoms with Crippen LogP contribution in [0.4, 0.5) is 4.39 Å². The molecule has 2 nitrogen and oxygen atoms in total. The fourth-order valence-corrected chi connectivity index (χ4v) is 1.63. The number of nitrogens with zero attached hydrogens (tertiary/aromatic N) is 1. The van der Waals surface area contributed by atoms with Crippen molar-refractivity contribution in [1.29, 1.82) is 0 Å². The van der Waals surface area contributed by atoms with Crippen molar-refractivity contribution in [3.05, 3.63) is 69.9 Å². The summed E-state index contributed by atoms with van der Waals surface area (Å²) in [5.74, 6) is -0.281. The zero-order chi connectivity index (χ0) is 12.8. The zero-order valence-electron chi connectivity index (χ0n) is 9.51. The third kappa shape index (κ3) is 3.67. The highest BCUT2D eigenvalue weighted by molar-refractivity contribution is 9.10. The smallest absolute Gasteiger partial charge is 0.145 e. The molecule has 0 spiro atoms. The van der Waals surface area contributed by atoms with Crippen LogP contribution >= 0.6 is 15.9 Å². The molecule has 0 aliphatic carbocycles. The van der Waals surface area contributed by atoms with Crippen molar-refractivity contribution in [3.63, 3.8) is 0 Å². The maximum Gasteiger partial charge on any atom is 0.145 e. The molecule has 0 radical (unpaired) electrons. The van der Waals surface area contributed by atoms with Crippen molar-refractivity contribution in [2.45, 2.75) is 6.61 Å². The summed E-state index contributed by atoms with van der Waals surface area (Å²) in [6.07, 6.45) is 1.59. The Morgan fingerprint density at radius 1 is 1.11 bits per heavy atom. The van der Waals surface area contributed by atoms with Crippen LogP contribution in [0.3, 0.4) is 0 Å². The van der Waals surface area contributed by atoms with E-state index >= 15 is 0 Å². The van der Waals surface area contributed by atoms with Gasteiger partial charge in [-0.1, -0.05) is 51.4 Å². The second kappa shape index (κ2) is 6.31. The van der Waals surface area contributed by atoms with Gasteiger partial charge in [0.1, 0.15) is 12.4 Å². The number of rotatable bonds is 4. The van der Waals surface area contributed by atoms with Crippen molar-refractivity contribution in [3.8, 4) is 0 Å². The van der Waals surface area contributed by atoms with Gasteiger partial charge in [0, 0.05) is 10.0 Å². The van der Waals surface area contributed by atoms with E-state index in [4.69, 9.17) is 4.84 Å². The van der Waals surface area contributed by atoms with Crippen LogP contribution in [0.15, 0.2) is 58.2 Å². The minimum atomic E-state index is -0.281. The summed E-state index contributed by atoms with van der Waals surface area (Å²) in [5.41, 5.74) is 1.41. The topological polar surface area (TPSA) is 21.6 Å². The Bertz CT molecular complexity index is 540. The van der Waals surface area contributed by atoms with Crippen molar-refractivity contribution >= 4 is 22.1 Å². The van der Waals surface area contributed by atoms with Crippen molar-refractivity contribution in [2.75, 3.05) is 0 Å². The Morgan fingerprint density at radius 2 is 1.83 bits per heavy atom. The van der Waals surface area contributed by atoms with E-state index in [1.54, 1.807) is 24.4 Å². The third-order valence-corrected chi connectivity index (χ3v) is 2.85. The summed E-state index contributed by atoms with van der Waals surface area (Å²) in [5, 5.41) is 3.80. The van der Waals surface area contributed by atoms with E-state index in [2.05, 4.69) is 21.1 Å². The Hall–Kier alpha value is -1.68. The molecule has 0 fully saturated rings. The molecule has 0 aromatic heterocycles. The molecule has 0 bridgehead atoms. The Labute approximate surface area is 113 Å². The van der Waals surface area contributed by atoms with Gasteiger partial charge in [-0.15, -0.1) is 0 Å². The molecule has 4 heteroatoms. The van der Waals surface area contributed by atoms with E-state index in [1.165, 1.54) is 6.07 Å². The fraction of sp³-hybridized carbons (Fsp3) is 0.0714. The molecule has 0 heterocycles. The van der Waals surface area contributed by atoms with Crippen LogP contribution in [0.2, 0.25) is 0 Å². The summed E-state index contributed by atoms with van der Waals surface area (Å²) >= 11 is 3.35. The predicted octanol–water partition coefficient (Wildman–Crippen LogP) is 4.14. The molecule has 2 aromatic rings. The molecule has 18 heavy (non-hydrogen) atoms. The number of halogens is 2. The van der Waals surface area contributed by atoms with E-state index in [0.29, 0.717) is 5.56 Å². The van der Waals surface area contributed by atoms with Crippen LogP contribution < -0.4 is 0 Å². The van der Waals surface area contributed by atoms with Crippen LogP contribution in [0, 0.1) is 5.82 Å². The summed E-state index contributed by atoms with van der Waals surface area (Å²) in [6.45, 7) is 0.125. The van der Waals surface area contributed by atoms with Gasteiger partial charge in [0.05, 0.1) is 6.21 Å². The fourth-order valence-electron chi connectivity index (χ4n) is 1.37. The number of oxime groups is 1. The van der Waals surface area contributed by atoms with Crippen molar-refractivity contribution in [1.82, 2.24) is 0 Å². The van der Waals surface area contributed by atoms with E-state index in [-0.39, 0.29) is 12.4 Å². The van der Waals surface area contributed by atoms with Gasteiger partial charge in [-0.2, -0.15) is 0 Å². The minimum Gasteiger partial charge on any atom is -0.391 e. The van der Waals surface area contributed by atoms with Crippen LogP contribution in [0.5, 0.6) is 0 Å². The van der Waals surface area contributed by atoms with Crippen LogP contribution in [-0.2, 0) is 11.4 Å². The van der Waals surface area contributed by atoms with Gasteiger partial charge in [-0.3, -0.25) is 0 Å². The van der Waals surface area contributed by atoms with E-state index < -0.39 is 0 Å². The molecule has 0 aliphatic heterocycles. The normalized spacial score (nSPS) is 10.8. The first kappa shape index (κ1) is 12.8. The summed E-state index contributed by atoms with van der Waals surface area (Å²) in [6, 6.07) is 14.1. The SMILES string of the molecule is Fc1ccccc1CON=Cc1ccc(Br)cc1. The first-order valence-electron chi connectivity index (χ1n) is 5.40. The molecule has 0 amide bonds. The maximum atomic E-state index is 13.2. The first-order chi connectivity index (χ1) is 8.75. The van der Waals surface area contributed by atoms with Gasteiger partial charge < -0.3 is 4.84 Å². The second-order valence-corrected chi connectivity index (χ2v) is 4.57. The van der Waals surface area contributed by atoms with Gasteiger partial charge in [-0.25, -0.2) is 4.39 Å². The Kier molecular flexibility index (Phi) is 4.47. The average molecular weight is 308 g/mol. The minimum absolute atomic E-state index is 0.125. The maximum absolute atomic E-state index is 13.2. The highest BCUT2D eigenvalue weighted by Gasteiger charge is 1.99. The largest absolute Gasteiger partial charge is 0.391 e. The van der Waals surface area contributed by atoms with E-state index in [1.807, 2.05) is 24.3 Å². The monoisotopic (exact) mass is 307 g/mol. The molecular formula is C14H11BrFNO. The van der Waals surface area contributed by atoms with E-state index in [9.17, 15) is 4.39 Å². The van der Waals surface area contributed by atoms with Crippen LogP contribution in [0.1, 0.15) is 11.1 Å². The first-order valence-corrected chi connectivity index (χ1v) is 6.19. The van der Waals surface area contributed by atoms with Crippen molar-refractivity contribution < 1.29 is 9.23 Å². The quantitative estimate of drug-likeness (QED) is 0.614. The molecule has 0 N–H and O–H groups in total. The van der Waals surface area contributed by atoms with Gasteiger partial charge in [-0.05, 0) is 23.8 Å². The molecule has 0 saturated heterocycles. The molecule has 2 aromatic carbocycles. The lowest BCUT2D eigenvalue weighted by molar-refractivity contribution is 0.129. The summed E-state index contributed by atoms with van der Waals surface area (Å²) in [7, 11) is 0. The molecule has 92 valence electrons. The standard InChI is InChI=1S/C14H11BrFNO/c15-13-7-5-11(6-8-13)9-17-18-10-12-3-1-2-4-14(12)16/h1-9H,10H2. The summed E-state index contributed by atoms with van der Waals surface area (Å²) in [4.78, 5) is 5.05. The van der Waals surface area contributed by atoms with Gasteiger partial charge in [0.2, 0.25) is 0 Å². The van der Waals surface area contributed by atoms with Gasteiger partial charge in [0.15, 0.2) is 0 Å². The van der Waals surface area contributed by atoms with Gasteiger partial charge in [0.25, 0.3) is 0 Å². The van der Waals surface area contributed by atoms with Gasteiger partial charge >= 0.3 is 0 Å². The van der Waals surface area contributed by atoms with E-state index in [0.717, 1.165) is 10.0 Å². The summed E-state index contributed by atoms with van der Waals surface area (Å²) < 4.78 is 14.3.